The van der Waals surface area contributed by atoms with Crippen molar-refractivity contribution < 1.29 is 9.59 Å². The zero-order chi connectivity index (χ0) is 24.7. The highest BCUT2D eigenvalue weighted by Gasteiger charge is 2.31. The van der Waals surface area contributed by atoms with Crippen LogP contribution in [0.1, 0.15) is 48.9 Å². The van der Waals surface area contributed by atoms with E-state index in [1.807, 2.05) is 19.1 Å². The van der Waals surface area contributed by atoms with Crippen LogP contribution in [-0.4, -0.2) is 49.4 Å². The number of amides is 2. The van der Waals surface area contributed by atoms with Gasteiger partial charge in [-0.3, -0.25) is 9.59 Å². The molecule has 2 aromatic heterocycles. The van der Waals surface area contributed by atoms with Gasteiger partial charge in [-0.1, -0.05) is 23.2 Å². The molecule has 11 heteroatoms. The third-order valence-electron chi connectivity index (χ3n) is 6.06. The molecule has 0 radical (unpaired) electrons. The SMILES string of the molecule is CC(=O)NC1CCCN1C(=O)c1cc2ncnc(N[C@@H](C)c3nc4cc(Cl)ccc4[nH]3)c2cc1Cl. The van der Waals surface area contributed by atoms with Crippen molar-refractivity contribution >= 4 is 62.8 Å². The van der Waals surface area contributed by atoms with Crippen molar-refractivity contribution in [3.8, 4) is 0 Å². The smallest absolute Gasteiger partial charge is 0.257 e. The molecule has 1 aliphatic rings. The monoisotopic (exact) mass is 511 g/mol. The number of likely N-dealkylation sites (tertiary alicyclic amines) is 1. The van der Waals surface area contributed by atoms with Gasteiger partial charge in [0.2, 0.25) is 5.91 Å². The number of carbonyl (C=O) groups excluding carboxylic acids is 2. The molecule has 0 saturated carbocycles. The van der Waals surface area contributed by atoms with Gasteiger partial charge in [-0.25, -0.2) is 15.0 Å². The standard InChI is InChI=1S/C24H23Cl2N7O2/c1-12(22-31-18-6-5-14(25)8-20(18)32-22)29-23-16-9-17(26)15(10-19(16)27-11-28-23)24(35)33-7-3-4-21(33)30-13(2)34/h5-6,8-12,21H,3-4,7H2,1-2H3,(H,30,34)(H,31,32)(H,27,28,29)/t12-,21?/m0/s1. The van der Waals surface area contributed by atoms with Crippen LogP contribution in [-0.2, 0) is 4.79 Å². The van der Waals surface area contributed by atoms with Crippen LogP contribution in [0.4, 0.5) is 5.82 Å². The molecule has 2 atom stereocenters. The molecule has 0 aliphatic carbocycles. The average molecular weight is 512 g/mol. The van der Waals surface area contributed by atoms with Crippen molar-refractivity contribution in [2.24, 2.45) is 0 Å². The first-order chi connectivity index (χ1) is 16.8. The van der Waals surface area contributed by atoms with Crippen molar-refractivity contribution in [3.63, 3.8) is 0 Å². The minimum Gasteiger partial charge on any atom is -0.360 e. The normalized spacial score (nSPS) is 16.6. The number of rotatable bonds is 5. The van der Waals surface area contributed by atoms with E-state index in [2.05, 4.69) is 30.6 Å². The molecule has 1 aliphatic heterocycles. The van der Waals surface area contributed by atoms with E-state index >= 15 is 0 Å². The number of halogens is 2. The number of aromatic nitrogens is 4. The minimum absolute atomic E-state index is 0.176. The summed E-state index contributed by atoms with van der Waals surface area (Å²) in [6.45, 7) is 3.95. The topological polar surface area (TPSA) is 116 Å². The quantitative estimate of drug-likeness (QED) is 0.358. The van der Waals surface area contributed by atoms with E-state index in [1.165, 1.54) is 13.3 Å². The number of nitrogens with one attached hydrogen (secondary N) is 3. The predicted molar refractivity (Wildman–Crippen MR) is 136 cm³/mol. The van der Waals surface area contributed by atoms with E-state index in [0.29, 0.717) is 45.3 Å². The number of H-pyrrole nitrogens is 1. The molecule has 35 heavy (non-hydrogen) atoms. The maximum atomic E-state index is 13.3. The summed E-state index contributed by atoms with van der Waals surface area (Å²) in [5.41, 5.74) is 2.58. The van der Waals surface area contributed by atoms with Gasteiger partial charge in [0.15, 0.2) is 0 Å². The van der Waals surface area contributed by atoms with Gasteiger partial charge in [-0.15, -0.1) is 0 Å². The van der Waals surface area contributed by atoms with Gasteiger partial charge in [0.05, 0.1) is 33.2 Å². The molecule has 4 aromatic rings. The first kappa shape index (κ1) is 23.3. The van der Waals surface area contributed by atoms with Crippen LogP contribution in [0.2, 0.25) is 10.0 Å². The van der Waals surface area contributed by atoms with Crippen LogP contribution in [0.3, 0.4) is 0 Å². The zero-order valence-electron chi connectivity index (χ0n) is 19.1. The van der Waals surface area contributed by atoms with Gasteiger partial charge in [-0.2, -0.15) is 0 Å². The molecule has 1 unspecified atom stereocenters. The maximum absolute atomic E-state index is 13.3. The van der Waals surface area contributed by atoms with Crippen LogP contribution >= 0.6 is 23.2 Å². The number of benzene rings is 2. The van der Waals surface area contributed by atoms with Crippen LogP contribution in [0.25, 0.3) is 21.9 Å². The number of hydrogen-bond acceptors (Lipinski definition) is 6. The summed E-state index contributed by atoms with van der Waals surface area (Å²) in [6, 6.07) is 8.66. The Bertz CT molecular complexity index is 1450. The molecular weight excluding hydrogens is 489 g/mol. The fraction of sp³-hybridized carbons (Fsp3) is 0.292. The summed E-state index contributed by atoms with van der Waals surface area (Å²) in [5.74, 6) is 0.879. The number of aromatic amines is 1. The Kier molecular flexibility index (Phi) is 6.21. The summed E-state index contributed by atoms with van der Waals surface area (Å²) in [4.78, 5) is 43.1. The minimum atomic E-state index is -0.339. The molecule has 180 valence electrons. The van der Waals surface area contributed by atoms with Crippen LogP contribution < -0.4 is 10.6 Å². The van der Waals surface area contributed by atoms with Crippen molar-refractivity contribution in [3.05, 3.63) is 58.1 Å². The number of nitrogens with zero attached hydrogens (tertiary/aromatic N) is 4. The van der Waals surface area contributed by atoms with Crippen molar-refractivity contribution in [1.29, 1.82) is 0 Å². The Balaban J connectivity index is 1.43. The highest BCUT2D eigenvalue weighted by atomic mass is 35.5. The lowest BCUT2D eigenvalue weighted by molar-refractivity contribution is -0.120. The van der Waals surface area contributed by atoms with Crippen molar-refractivity contribution in [2.75, 3.05) is 11.9 Å². The number of anilines is 1. The van der Waals surface area contributed by atoms with E-state index in [0.717, 1.165) is 23.3 Å². The summed E-state index contributed by atoms with van der Waals surface area (Å²) >= 11 is 12.7. The number of hydrogen-bond donors (Lipinski definition) is 3. The van der Waals surface area contributed by atoms with E-state index < -0.39 is 0 Å². The Morgan fingerprint density at radius 3 is 2.80 bits per heavy atom. The molecule has 3 heterocycles. The molecule has 1 fully saturated rings. The first-order valence-electron chi connectivity index (χ1n) is 11.2. The van der Waals surface area contributed by atoms with E-state index in [1.54, 1.807) is 23.1 Å². The van der Waals surface area contributed by atoms with Crippen molar-refractivity contribution in [2.45, 2.75) is 38.9 Å². The second-order valence-corrected chi connectivity index (χ2v) is 9.42. The third-order valence-corrected chi connectivity index (χ3v) is 6.61. The second-order valence-electron chi connectivity index (χ2n) is 8.58. The summed E-state index contributed by atoms with van der Waals surface area (Å²) in [6.07, 6.45) is 2.62. The lowest BCUT2D eigenvalue weighted by Gasteiger charge is -2.25. The molecule has 2 amide bonds. The van der Waals surface area contributed by atoms with E-state index in [4.69, 9.17) is 23.2 Å². The second kappa shape index (κ2) is 9.31. The highest BCUT2D eigenvalue weighted by Crippen LogP contribution is 2.31. The maximum Gasteiger partial charge on any atom is 0.257 e. The van der Waals surface area contributed by atoms with Crippen LogP contribution in [0.15, 0.2) is 36.7 Å². The fourth-order valence-electron chi connectivity index (χ4n) is 4.38. The lowest BCUT2D eigenvalue weighted by Crippen LogP contribution is -2.46. The van der Waals surface area contributed by atoms with Crippen LogP contribution in [0, 0.1) is 0 Å². The molecule has 1 saturated heterocycles. The summed E-state index contributed by atoms with van der Waals surface area (Å²) < 4.78 is 0. The molecule has 2 aromatic carbocycles. The number of carbonyl (C=O) groups is 2. The van der Waals surface area contributed by atoms with Gasteiger partial charge in [0, 0.05) is 23.9 Å². The molecular formula is C24H23Cl2N7O2. The Morgan fingerprint density at radius 1 is 1.17 bits per heavy atom. The predicted octanol–water partition coefficient (Wildman–Crippen LogP) is 4.68. The first-order valence-corrected chi connectivity index (χ1v) is 12.0. The molecule has 9 nitrogen and oxygen atoms in total. The number of imidazole rings is 1. The molecule has 0 spiro atoms. The Morgan fingerprint density at radius 2 is 2.00 bits per heavy atom. The average Bonchev–Trinajstić information content (AvgIpc) is 3.45. The van der Waals surface area contributed by atoms with Gasteiger partial charge in [0.25, 0.3) is 5.91 Å². The Labute approximate surface area is 211 Å². The molecule has 3 N–H and O–H groups in total. The van der Waals surface area contributed by atoms with Crippen molar-refractivity contribution in [1.82, 2.24) is 30.2 Å². The zero-order valence-corrected chi connectivity index (χ0v) is 20.6. The van der Waals surface area contributed by atoms with E-state index in [-0.39, 0.29) is 24.0 Å². The lowest BCUT2D eigenvalue weighted by atomic mass is 10.1. The van der Waals surface area contributed by atoms with Gasteiger partial charge >= 0.3 is 0 Å². The van der Waals surface area contributed by atoms with E-state index in [9.17, 15) is 9.59 Å². The largest absolute Gasteiger partial charge is 0.360 e. The molecule has 5 rings (SSSR count). The highest BCUT2D eigenvalue weighted by molar-refractivity contribution is 6.35. The number of fused-ring (bicyclic) bond motifs is 2. The van der Waals surface area contributed by atoms with Gasteiger partial charge in [-0.05, 0) is 50.1 Å². The fourth-order valence-corrected chi connectivity index (χ4v) is 4.79. The Hall–Kier alpha value is -3.43. The van der Waals surface area contributed by atoms with Crippen LogP contribution in [0.5, 0.6) is 0 Å². The molecule has 0 bridgehead atoms. The van der Waals surface area contributed by atoms with Gasteiger partial charge < -0.3 is 20.5 Å². The van der Waals surface area contributed by atoms with Gasteiger partial charge in [0.1, 0.15) is 24.1 Å². The third kappa shape index (κ3) is 4.61. The summed E-state index contributed by atoms with van der Waals surface area (Å²) in [5, 5.41) is 7.78. The summed E-state index contributed by atoms with van der Waals surface area (Å²) in [7, 11) is 0.